The third-order valence-corrected chi connectivity index (χ3v) is 4.97. The van der Waals surface area contributed by atoms with Crippen LogP contribution in [0.25, 0.3) is 11.0 Å². The normalized spacial score (nSPS) is 11.7. The van der Waals surface area contributed by atoms with E-state index in [1.807, 2.05) is 0 Å². The number of aromatic nitrogens is 2. The molecule has 2 aromatic carbocycles. The molecule has 0 saturated heterocycles. The van der Waals surface area contributed by atoms with Gasteiger partial charge in [0.15, 0.2) is 0 Å². The molecule has 5 nitrogen and oxygen atoms in total. The van der Waals surface area contributed by atoms with Gasteiger partial charge in [-0.2, -0.15) is 0 Å². The summed E-state index contributed by atoms with van der Waals surface area (Å²) in [4.78, 5) is 7.36. The number of rotatable bonds is 3. The Kier molecular flexibility index (Phi) is 2.94. The van der Waals surface area contributed by atoms with Crippen molar-refractivity contribution in [2.24, 2.45) is 0 Å². The minimum Gasteiger partial charge on any atom is -0.345 e. The molecule has 0 radical (unpaired) electrons. The van der Waals surface area contributed by atoms with Crippen LogP contribution in [0, 0.1) is 0 Å². The van der Waals surface area contributed by atoms with Crippen LogP contribution in [0.15, 0.2) is 59.8 Å². The number of imidazole rings is 1. The Morgan fingerprint density at radius 3 is 2.60 bits per heavy atom. The van der Waals surface area contributed by atoms with Gasteiger partial charge in [-0.05, 0) is 30.3 Å². The molecule has 3 rings (SSSR count). The van der Waals surface area contributed by atoms with Crippen molar-refractivity contribution in [1.82, 2.24) is 9.97 Å². The minimum absolute atomic E-state index is 0.271. The second kappa shape index (κ2) is 4.64. The Bertz CT molecular complexity index is 841. The van der Waals surface area contributed by atoms with Gasteiger partial charge in [-0.3, -0.25) is 4.31 Å². The smallest absolute Gasteiger partial charge is 0.264 e. The van der Waals surface area contributed by atoms with Gasteiger partial charge >= 0.3 is 0 Å². The molecular weight excluding hydrogens is 274 g/mol. The summed E-state index contributed by atoms with van der Waals surface area (Å²) in [5.41, 5.74) is 2.20. The maximum absolute atomic E-state index is 12.5. The van der Waals surface area contributed by atoms with Gasteiger partial charge in [0.25, 0.3) is 10.0 Å². The van der Waals surface area contributed by atoms with Gasteiger partial charge in [-0.15, -0.1) is 0 Å². The standard InChI is InChI=1S/C14H13N3O2S/c1-17(20(18,19)12-5-3-2-4-6-12)11-7-8-13-14(9-11)16-10-15-13/h2-10H,1H3,(H,15,16). The quantitative estimate of drug-likeness (QED) is 0.804. The number of H-pyrrole nitrogens is 1. The van der Waals surface area contributed by atoms with E-state index in [-0.39, 0.29) is 4.90 Å². The molecule has 1 N–H and O–H groups in total. The number of hydrogen-bond acceptors (Lipinski definition) is 3. The fourth-order valence-corrected chi connectivity index (χ4v) is 3.22. The summed E-state index contributed by atoms with van der Waals surface area (Å²) in [5, 5.41) is 0. The number of aromatic amines is 1. The van der Waals surface area contributed by atoms with Crippen LogP contribution in [0.2, 0.25) is 0 Å². The molecule has 1 heterocycles. The molecule has 0 saturated carbocycles. The Morgan fingerprint density at radius 1 is 1.10 bits per heavy atom. The maximum atomic E-state index is 12.5. The first kappa shape index (κ1) is 12.7. The fraction of sp³-hybridized carbons (Fsp3) is 0.0714. The summed E-state index contributed by atoms with van der Waals surface area (Å²) in [5.74, 6) is 0. The predicted octanol–water partition coefficient (Wildman–Crippen LogP) is 2.39. The van der Waals surface area contributed by atoms with Crippen molar-refractivity contribution in [3.8, 4) is 0 Å². The van der Waals surface area contributed by atoms with E-state index in [4.69, 9.17) is 0 Å². The van der Waals surface area contributed by atoms with E-state index in [1.54, 1.807) is 61.9 Å². The molecule has 20 heavy (non-hydrogen) atoms. The Morgan fingerprint density at radius 2 is 1.85 bits per heavy atom. The minimum atomic E-state index is -3.54. The highest BCUT2D eigenvalue weighted by Gasteiger charge is 2.21. The number of nitrogens with one attached hydrogen (secondary N) is 1. The van der Waals surface area contributed by atoms with Gasteiger partial charge in [0.2, 0.25) is 0 Å². The van der Waals surface area contributed by atoms with Crippen molar-refractivity contribution < 1.29 is 8.42 Å². The number of benzene rings is 2. The lowest BCUT2D eigenvalue weighted by molar-refractivity contribution is 0.594. The summed E-state index contributed by atoms with van der Waals surface area (Å²) in [6.45, 7) is 0. The largest absolute Gasteiger partial charge is 0.345 e. The molecule has 3 aromatic rings. The highest BCUT2D eigenvalue weighted by Crippen LogP contribution is 2.24. The van der Waals surface area contributed by atoms with Crippen LogP contribution in [0.4, 0.5) is 5.69 Å². The molecule has 0 spiro atoms. The van der Waals surface area contributed by atoms with E-state index < -0.39 is 10.0 Å². The molecule has 0 aliphatic heterocycles. The van der Waals surface area contributed by atoms with E-state index in [0.29, 0.717) is 5.69 Å². The summed E-state index contributed by atoms with van der Waals surface area (Å²) in [6, 6.07) is 13.7. The van der Waals surface area contributed by atoms with Gasteiger partial charge in [0, 0.05) is 7.05 Å². The zero-order valence-electron chi connectivity index (χ0n) is 10.8. The van der Waals surface area contributed by atoms with Crippen molar-refractivity contribution in [2.75, 3.05) is 11.4 Å². The topological polar surface area (TPSA) is 66.1 Å². The van der Waals surface area contributed by atoms with Crippen LogP contribution < -0.4 is 4.31 Å². The number of sulfonamides is 1. The maximum Gasteiger partial charge on any atom is 0.264 e. The number of nitrogens with zero attached hydrogens (tertiary/aromatic N) is 2. The van der Waals surface area contributed by atoms with Crippen LogP contribution in [-0.2, 0) is 10.0 Å². The van der Waals surface area contributed by atoms with Crippen molar-refractivity contribution in [1.29, 1.82) is 0 Å². The molecule has 0 aliphatic rings. The third kappa shape index (κ3) is 2.04. The summed E-state index contributed by atoms with van der Waals surface area (Å²) in [6.07, 6.45) is 1.58. The van der Waals surface area contributed by atoms with Crippen LogP contribution in [-0.4, -0.2) is 25.4 Å². The molecule has 1 aromatic heterocycles. The summed E-state index contributed by atoms with van der Waals surface area (Å²) in [7, 11) is -2.00. The second-order valence-electron chi connectivity index (χ2n) is 4.39. The van der Waals surface area contributed by atoms with Crippen LogP contribution in [0.5, 0.6) is 0 Å². The Labute approximate surface area is 116 Å². The lowest BCUT2D eigenvalue weighted by Crippen LogP contribution is -2.26. The highest BCUT2D eigenvalue weighted by molar-refractivity contribution is 7.92. The average molecular weight is 287 g/mol. The first-order chi connectivity index (χ1) is 9.59. The van der Waals surface area contributed by atoms with E-state index in [2.05, 4.69) is 9.97 Å². The van der Waals surface area contributed by atoms with Crippen molar-refractivity contribution >= 4 is 26.7 Å². The van der Waals surface area contributed by atoms with Crippen LogP contribution in [0.1, 0.15) is 0 Å². The second-order valence-corrected chi connectivity index (χ2v) is 6.36. The first-order valence-electron chi connectivity index (χ1n) is 6.06. The van der Waals surface area contributed by atoms with Gasteiger partial charge in [-0.25, -0.2) is 13.4 Å². The Hall–Kier alpha value is -2.34. The monoisotopic (exact) mass is 287 g/mol. The third-order valence-electron chi connectivity index (χ3n) is 3.17. The number of fused-ring (bicyclic) bond motifs is 1. The number of hydrogen-bond donors (Lipinski definition) is 1. The molecule has 0 unspecified atom stereocenters. The zero-order valence-corrected chi connectivity index (χ0v) is 11.6. The molecule has 0 atom stereocenters. The molecule has 102 valence electrons. The van der Waals surface area contributed by atoms with Gasteiger partial charge in [0.05, 0.1) is 27.9 Å². The zero-order chi connectivity index (χ0) is 14.2. The van der Waals surface area contributed by atoms with Gasteiger partial charge < -0.3 is 4.98 Å². The van der Waals surface area contributed by atoms with Crippen LogP contribution >= 0.6 is 0 Å². The molecule has 0 aliphatic carbocycles. The van der Waals surface area contributed by atoms with Crippen molar-refractivity contribution in [2.45, 2.75) is 4.90 Å². The summed E-state index contributed by atoms with van der Waals surface area (Å²) < 4.78 is 26.3. The molecular formula is C14H13N3O2S. The molecule has 6 heteroatoms. The SMILES string of the molecule is CN(c1ccc2nc[nH]c2c1)S(=O)(=O)c1ccccc1. The number of anilines is 1. The highest BCUT2D eigenvalue weighted by atomic mass is 32.2. The van der Waals surface area contributed by atoms with Crippen molar-refractivity contribution in [3.63, 3.8) is 0 Å². The summed E-state index contributed by atoms with van der Waals surface area (Å²) >= 11 is 0. The van der Waals surface area contributed by atoms with E-state index in [0.717, 1.165) is 11.0 Å². The Balaban J connectivity index is 2.05. The predicted molar refractivity (Wildman–Crippen MR) is 78.1 cm³/mol. The molecule has 0 fully saturated rings. The lowest BCUT2D eigenvalue weighted by Gasteiger charge is -2.19. The lowest BCUT2D eigenvalue weighted by atomic mass is 10.3. The van der Waals surface area contributed by atoms with E-state index in [1.165, 1.54) is 4.31 Å². The van der Waals surface area contributed by atoms with Gasteiger partial charge in [0.1, 0.15) is 0 Å². The average Bonchev–Trinajstić information content (AvgIpc) is 2.94. The van der Waals surface area contributed by atoms with Crippen molar-refractivity contribution in [3.05, 3.63) is 54.9 Å². The molecule has 0 amide bonds. The fourth-order valence-electron chi connectivity index (χ4n) is 2.01. The van der Waals surface area contributed by atoms with E-state index in [9.17, 15) is 8.42 Å². The van der Waals surface area contributed by atoms with Crippen LogP contribution in [0.3, 0.4) is 0 Å². The van der Waals surface area contributed by atoms with E-state index >= 15 is 0 Å². The molecule has 0 bridgehead atoms. The first-order valence-corrected chi connectivity index (χ1v) is 7.50. The van der Waals surface area contributed by atoms with Gasteiger partial charge in [-0.1, -0.05) is 18.2 Å².